The summed E-state index contributed by atoms with van der Waals surface area (Å²) in [6.45, 7) is 1.82. The van der Waals surface area contributed by atoms with Gasteiger partial charge in [-0.05, 0) is 42.3 Å². The Balaban J connectivity index is 2.55. The number of aromatic hydroxyl groups is 1. The van der Waals surface area contributed by atoms with Gasteiger partial charge in [0.15, 0.2) is 0 Å². The first-order chi connectivity index (χ1) is 10.0. The van der Waals surface area contributed by atoms with Crippen molar-refractivity contribution in [2.45, 2.75) is 6.92 Å². The number of rotatable bonds is 4. The molecule has 0 unspecified atom stereocenters. The summed E-state index contributed by atoms with van der Waals surface area (Å²) in [5.74, 6) is -0.336. The largest absolute Gasteiger partial charge is 0.507 e. The minimum atomic E-state index is -1.05. The molecule has 0 fully saturated rings. The van der Waals surface area contributed by atoms with Gasteiger partial charge in [0.05, 0.1) is 12.7 Å². The van der Waals surface area contributed by atoms with Gasteiger partial charge in [-0.25, -0.2) is 4.79 Å². The van der Waals surface area contributed by atoms with Gasteiger partial charge in [-0.3, -0.25) is 0 Å². The van der Waals surface area contributed by atoms with Gasteiger partial charge in [0.25, 0.3) is 0 Å². The molecule has 0 amide bonds. The van der Waals surface area contributed by atoms with Crippen LogP contribution in [0.15, 0.2) is 42.5 Å². The number of hydrogen-bond donors (Lipinski definition) is 2. The van der Waals surface area contributed by atoms with E-state index in [9.17, 15) is 15.0 Å². The normalized spacial score (nSPS) is 11.2. The van der Waals surface area contributed by atoms with Crippen LogP contribution in [0.25, 0.3) is 11.6 Å². The Kier molecular flexibility index (Phi) is 4.28. The molecule has 0 aliphatic carbocycles. The van der Waals surface area contributed by atoms with E-state index in [-0.39, 0.29) is 11.3 Å². The van der Waals surface area contributed by atoms with E-state index in [1.165, 1.54) is 12.1 Å². The second-order valence-electron chi connectivity index (χ2n) is 4.60. The van der Waals surface area contributed by atoms with Gasteiger partial charge >= 0.3 is 5.97 Å². The zero-order valence-corrected chi connectivity index (χ0v) is 11.8. The summed E-state index contributed by atoms with van der Waals surface area (Å²) in [6.07, 6.45) is 1.46. The van der Waals surface area contributed by atoms with Crippen LogP contribution in [0.2, 0.25) is 0 Å². The molecule has 0 saturated heterocycles. The van der Waals surface area contributed by atoms with Crippen LogP contribution < -0.4 is 4.74 Å². The van der Waals surface area contributed by atoms with Gasteiger partial charge in [-0.1, -0.05) is 24.3 Å². The van der Waals surface area contributed by atoms with Crippen molar-refractivity contribution in [3.63, 3.8) is 0 Å². The van der Waals surface area contributed by atoms with Crippen molar-refractivity contribution in [1.29, 1.82) is 0 Å². The lowest BCUT2D eigenvalue weighted by molar-refractivity contribution is -0.130. The Morgan fingerprint density at radius 3 is 2.48 bits per heavy atom. The van der Waals surface area contributed by atoms with E-state index in [4.69, 9.17) is 4.74 Å². The first-order valence-corrected chi connectivity index (χ1v) is 6.41. The van der Waals surface area contributed by atoms with Gasteiger partial charge < -0.3 is 14.9 Å². The molecule has 0 radical (unpaired) electrons. The Labute approximate surface area is 122 Å². The SMILES string of the molecule is COc1ccc(/C(=C/c2ccccc2O)C(=O)O)c(C)c1. The first-order valence-electron chi connectivity index (χ1n) is 6.41. The van der Waals surface area contributed by atoms with Crippen LogP contribution in [0, 0.1) is 6.92 Å². The summed E-state index contributed by atoms with van der Waals surface area (Å²) in [7, 11) is 1.56. The van der Waals surface area contributed by atoms with Crippen LogP contribution in [0.3, 0.4) is 0 Å². The van der Waals surface area contributed by atoms with E-state index in [2.05, 4.69) is 0 Å². The highest BCUT2D eigenvalue weighted by Crippen LogP contribution is 2.27. The number of benzene rings is 2. The number of phenols is 1. The molecule has 0 aliphatic rings. The fraction of sp³-hybridized carbons (Fsp3) is 0.118. The summed E-state index contributed by atoms with van der Waals surface area (Å²) < 4.78 is 5.12. The van der Waals surface area contributed by atoms with Crippen LogP contribution in [-0.2, 0) is 4.79 Å². The molecule has 2 rings (SSSR count). The summed E-state index contributed by atoms with van der Waals surface area (Å²) >= 11 is 0. The molecule has 0 aromatic heterocycles. The number of methoxy groups -OCH3 is 1. The standard InChI is InChI=1S/C17H16O4/c1-11-9-13(21-2)7-8-14(11)15(17(19)20)10-12-5-3-4-6-16(12)18/h3-10,18H,1-2H3,(H,19,20)/b15-10-. The van der Waals surface area contributed by atoms with Gasteiger partial charge in [-0.2, -0.15) is 0 Å². The van der Waals surface area contributed by atoms with Crippen molar-refractivity contribution in [2.75, 3.05) is 7.11 Å². The lowest BCUT2D eigenvalue weighted by Gasteiger charge is -2.09. The van der Waals surface area contributed by atoms with Gasteiger partial charge in [0, 0.05) is 5.56 Å². The molecule has 0 aliphatic heterocycles. The molecule has 0 bridgehead atoms. The summed E-state index contributed by atoms with van der Waals surface area (Å²) in [4.78, 5) is 11.5. The minimum Gasteiger partial charge on any atom is -0.507 e. The topological polar surface area (TPSA) is 66.8 Å². The van der Waals surface area contributed by atoms with E-state index < -0.39 is 5.97 Å². The van der Waals surface area contributed by atoms with Crippen LogP contribution in [0.4, 0.5) is 0 Å². The Bertz CT molecular complexity index is 702. The highest BCUT2D eigenvalue weighted by molar-refractivity contribution is 6.21. The minimum absolute atomic E-state index is 0.0439. The van der Waals surface area contributed by atoms with Crippen LogP contribution in [0.5, 0.6) is 11.5 Å². The highest BCUT2D eigenvalue weighted by Gasteiger charge is 2.14. The molecule has 21 heavy (non-hydrogen) atoms. The molecular formula is C17H16O4. The molecule has 0 spiro atoms. The van der Waals surface area contributed by atoms with E-state index in [1.807, 2.05) is 6.92 Å². The Morgan fingerprint density at radius 1 is 1.19 bits per heavy atom. The van der Waals surface area contributed by atoms with Gasteiger partial charge in [-0.15, -0.1) is 0 Å². The van der Waals surface area contributed by atoms with Crippen molar-refractivity contribution in [3.8, 4) is 11.5 Å². The zero-order chi connectivity index (χ0) is 15.4. The van der Waals surface area contributed by atoms with Crippen molar-refractivity contribution >= 4 is 17.6 Å². The fourth-order valence-electron chi connectivity index (χ4n) is 2.09. The smallest absolute Gasteiger partial charge is 0.336 e. The van der Waals surface area contributed by atoms with Crippen LogP contribution in [0.1, 0.15) is 16.7 Å². The molecule has 4 nitrogen and oxygen atoms in total. The molecule has 0 saturated carbocycles. The monoisotopic (exact) mass is 284 g/mol. The molecular weight excluding hydrogens is 268 g/mol. The maximum absolute atomic E-state index is 11.5. The van der Waals surface area contributed by atoms with Gasteiger partial charge in [0.2, 0.25) is 0 Å². The van der Waals surface area contributed by atoms with E-state index in [0.717, 1.165) is 5.56 Å². The van der Waals surface area contributed by atoms with Crippen LogP contribution in [-0.4, -0.2) is 23.3 Å². The average molecular weight is 284 g/mol. The predicted molar refractivity (Wildman–Crippen MR) is 81.3 cm³/mol. The maximum atomic E-state index is 11.5. The molecule has 2 aromatic carbocycles. The molecule has 4 heteroatoms. The summed E-state index contributed by atoms with van der Waals surface area (Å²) in [5, 5.41) is 19.2. The Morgan fingerprint density at radius 2 is 1.90 bits per heavy atom. The van der Waals surface area contributed by atoms with Crippen molar-refractivity contribution < 1.29 is 19.7 Å². The third kappa shape index (κ3) is 3.23. The number of carbonyl (C=O) groups is 1. The summed E-state index contributed by atoms with van der Waals surface area (Å²) in [6, 6.07) is 11.8. The predicted octanol–water partition coefficient (Wildman–Crippen LogP) is 3.33. The number of ether oxygens (including phenoxy) is 1. The quantitative estimate of drug-likeness (QED) is 0.667. The second kappa shape index (κ2) is 6.13. The number of aryl methyl sites for hydroxylation is 1. The number of hydrogen-bond acceptors (Lipinski definition) is 3. The van der Waals surface area contributed by atoms with E-state index in [0.29, 0.717) is 16.9 Å². The van der Waals surface area contributed by atoms with Crippen molar-refractivity contribution in [3.05, 3.63) is 59.2 Å². The summed E-state index contributed by atoms with van der Waals surface area (Å²) in [5.41, 5.74) is 1.96. The number of para-hydroxylation sites is 1. The number of phenolic OH excluding ortho intramolecular Hbond substituents is 1. The first kappa shape index (κ1) is 14.7. The Hall–Kier alpha value is -2.75. The lowest BCUT2D eigenvalue weighted by atomic mass is 9.98. The lowest BCUT2D eigenvalue weighted by Crippen LogP contribution is -2.02. The maximum Gasteiger partial charge on any atom is 0.336 e. The zero-order valence-electron chi connectivity index (χ0n) is 11.8. The molecule has 0 atom stereocenters. The van der Waals surface area contributed by atoms with E-state index in [1.54, 1.807) is 43.5 Å². The third-order valence-electron chi connectivity index (χ3n) is 3.19. The van der Waals surface area contributed by atoms with Crippen LogP contribution >= 0.6 is 0 Å². The molecule has 0 heterocycles. The number of carboxylic acid groups (broad SMARTS) is 1. The average Bonchev–Trinajstić information content (AvgIpc) is 2.46. The number of carboxylic acids is 1. The fourth-order valence-corrected chi connectivity index (χ4v) is 2.09. The third-order valence-corrected chi connectivity index (χ3v) is 3.19. The molecule has 108 valence electrons. The number of aliphatic carboxylic acids is 1. The second-order valence-corrected chi connectivity index (χ2v) is 4.60. The molecule has 2 N–H and O–H groups in total. The van der Waals surface area contributed by atoms with Crippen molar-refractivity contribution in [2.24, 2.45) is 0 Å². The van der Waals surface area contributed by atoms with E-state index >= 15 is 0 Å². The highest BCUT2D eigenvalue weighted by atomic mass is 16.5. The van der Waals surface area contributed by atoms with Crippen molar-refractivity contribution in [1.82, 2.24) is 0 Å². The molecule has 2 aromatic rings. The van der Waals surface area contributed by atoms with Gasteiger partial charge in [0.1, 0.15) is 11.5 Å².